The van der Waals surface area contributed by atoms with Crippen LogP contribution in [0.5, 0.6) is 0 Å². The molecule has 2 N–H and O–H groups in total. The van der Waals surface area contributed by atoms with Crippen LogP contribution in [0.15, 0.2) is 152 Å². The molecule has 0 amide bonds. The molecule has 7 aromatic rings. The van der Waals surface area contributed by atoms with Crippen LogP contribution in [0, 0.1) is 10.8 Å². The lowest BCUT2D eigenvalue weighted by Crippen LogP contribution is -2.41. The van der Waals surface area contributed by atoms with Crippen molar-refractivity contribution < 1.29 is 0 Å². The molecule has 0 spiro atoms. The minimum Gasteiger partial charge on any atom is -0.349 e. The summed E-state index contributed by atoms with van der Waals surface area (Å²) < 4.78 is 0. The van der Waals surface area contributed by atoms with Crippen molar-refractivity contribution in [1.29, 1.82) is 10.8 Å². The molecule has 59 heavy (non-hydrogen) atoms. The van der Waals surface area contributed by atoms with Crippen molar-refractivity contribution in [3.63, 3.8) is 0 Å². The molecule has 0 radical (unpaired) electrons. The average molecular weight is 789 g/mol. The maximum atomic E-state index is 8.75. The van der Waals surface area contributed by atoms with Crippen molar-refractivity contribution in [3.05, 3.63) is 163 Å². The van der Waals surface area contributed by atoms with Crippen LogP contribution in [0.2, 0.25) is 0 Å². The number of benzene rings is 7. The van der Waals surface area contributed by atoms with Gasteiger partial charge in [0, 0.05) is 37.6 Å². The average Bonchev–Trinajstić information content (AvgIpc) is 3.77. The number of fused-ring (bicyclic) bond motifs is 1. The molecular weight excluding hydrogens is 721 g/mol. The zero-order valence-electron chi connectivity index (χ0n) is 37.9. The minimum atomic E-state index is 0.162. The first-order chi connectivity index (χ1) is 28.8. The van der Waals surface area contributed by atoms with E-state index in [0.717, 1.165) is 17.1 Å². The van der Waals surface area contributed by atoms with Gasteiger partial charge in [0.25, 0.3) is 0 Å². The lowest BCUT2D eigenvalue weighted by Gasteiger charge is -2.32. The number of nitrogens with one attached hydrogen (secondary N) is 2. The van der Waals surface area contributed by atoms with Crippen LogP contribution in [0.4, 0.5) is 17.1 Å². The van der Waals surface area contributed by atoms with Crippen molar-refractivity contribution in [2.24, 2.45) is 0 Å². The second-order valence-electron chi connectivity index (χ2n) is 13.3. The van der Waals surface area contributed by atoms with Crippen LogP contribution in [0.25, 0.3) is 32.3 Å². The molecule has 6 heteroatoms. The van der Waals surface area contributed by atoms with Crippen molar-refractivity contribution in [2.75, 3.05) is 35.8 Å². The van der Waals surface area contributed by atoms with Gasteiger partial charge in [-0.3, -0.25) is 10.8 Å². The molecule has 0 aliphatic carbocycles. The van der Waals surface area contributed by atoms with Crippen LogP contribution < -0.4 is 14.7 Å². The van der Waals surface area contributed by atoms with Crippen molar-refractivity contribution in [3.8, 4) is 0 Å². The third-order valence-corrected chi connectivity index (χ3v) is 10.0. The molecule has 9 rings (SSSR count). The van der Waals surface area contributed by atoms with Crippen LogP contribution in [-0.4, -0.2) is 38.0 Å². The smallest absolute Gasteiger partial charge is 0.203 e. The highest BCUT2D eigenvalue weighted by Gasteiger charge is 2.33. The summed E-state index contributed by atoms with van der Waals surface area (Å²) in [4.78, 5) is 7.99. The van der Waals surface area contributed by atoms with E-state index in [0.29, 0.717) is 11.9 Å². The monoisotopic (exact) mass is 789 g/mol. The minimum absolute atomic E-state index is 0.162. The van der Waals surface area contributed by atoms with Gasteiger partial charge in [0.15, 0.2) is 5.96 Å². The van der Waals surface area contributed by atoms with Gasteiger partial charge in [-0.15, -0.1) is 0 Å². The number of nitrogens with zero attached hydrogens (tertiary/aromatic N) is 4. The SMILES string of the molecule is CC.CC.CC.CC.CC1c2cccc3cccc(c23)N1C(=N)N(C)C.CC1c2cccc3cccc(c23)N1C(=N)N(C)c1ccccc1.c1ccc2ccccc2c1. The molecule has 2 heterocycles. The van der Waals surface area contributed by atoms with E-state index in [4.69, 9.17) is 10.8 Å². The molecular formula is C53H68N6. The molecule has 7 aromatic carbocycles. The summed E-state index contributed by atoms with van der Waals surface area (Å²) in [7, 11) is 5.78. The van der Waals surface area contributed by atoms with Crippen LogP contribution >= 0.6 is 0 Å². The highest BCUT2D eigenvalue weighted by atomic mass is 15.4. The summed E-state index contributed by atoms with van der Waals surface area (Å²) in [6, 6.07) is 52.6. The summed E-state index contributed by atoms with van der Waals surface area (Å²) in [5, 5.41) is 24.7. The summed E-state index contributed by atoms with van der Waals surface area (Å²) >= 11 is 0. The molecule has 0 aromatic heterocycles. The van der Waals surface area contributed by atoms with E-state index in [1.165, 1.54) is 43.4 Å². The van der Waals surface area contributed by atoms with Crippen LogP contribution in [0.3, 0.4) is 0 Å². The molecule has 2 aliphatic heterocycles. The second-order valence-corrected chi connectivity index (χ2v) is 13.3. The maximum absolute atomic E-state index is 8.75. The topological polar surface area (TPSA) is 60.7 Å². The van der Waals surface area contributed by atoms with Gasteiger partial charge in [0.05, 0.1) is 23.5 Å². The van der Waals surface area contributed by atoms with Gasteiger partial charge in [0.1, 0.15) is 0 Å². The molecule has 2 unspecified atom stereocenters. The van der Waals surface area contributed by atoms with Crippen molar-refractivity contribution in [2.45, 2.75) is 81.3 Å². The fraction of sp³-hybridized carbons (Fsp3) is 0.283. The quantitative estimate of drug-likeness (QED) is 0.128. The van der Waals surface area contributed by atoms with E-state index < -0.39 is 0 Å². The molecule has 0 fully saturated rings. The largest absolute Gasteiger partial charge is 0.349 e. The Bertz CT molecular complexity index is 2290. The van der Waals surface area contributed by atoms with E-state index in [9.17, 15) is 0 Å². The fourth-order valence-electron chi connectivity index (χ4n) is 7.37. The van der Waals surface area contributed by atoms with Gasteiger partial charge in [-0.05, 0) is 70.8 Å². The first-order valence-electron chi connectivity index (χ1n) is 21.4. The maximum Gasteiger partial charge on any atom is 0.203 e. The summed E-state index contributed by atoms with van der Waals surface area (Å²) in [6.45, 7) is 20.3. The molecule has 0 saturated heterocycles. The van der Waals surface area contributed by atoms with Gasteiger partial charge >= 0.3 is 0 Å². The van der Waals surface area contributed by atoms with E-state index in [2.05, 4.69) is 145 Å². The van der Waals surface area contributed by atoms with E-state index in [1.807, 2.05) is 117 Å². The number of hydrogen-bond donors (Lipinski definition) is 2. The normalized spacial score (nSPS) is 13.6. The highest BCUT2D eigenvalue weighted by Crippen LogP contribution is 2.45. The van der Waals surface area contributed by atoms with Crippen LogP contribution in [0.1, 0.15) is 92.4 Å². The summed E-state index contributed by atoms with van der Waals surface area (Å²) in [5.41, 5.74) is 5.90. The lowest BCUT2D eigenvalue weighted by atomic mass is 10.0. The second kappa shape index (κ2) is 23.3. The standard InChI is InChI=1S/C20H19N3.C15H17N3.C10H8.4C2H6/c1-14-17-12-6-8-15-9-7-13-18(19(15)17)23(14)20(21)22(2)16-10-4-3-5-11-16;1-10-12-8-4-6-11-7-5-9-13(14(11)12)18(10)15(16)17(2)3;1-2-6-10-8-4-3-7-9(10)5-1;4*1-2/h3-14,21H,1-2H3;4-10,16H,1-3H3;1-8H;4*1-2H3. The Morgan fingerprint density at radius 2 is 0.729 bits per heavy atom. The van der Waals surface area contributed by atoms with Gasteiger partial charge < -0.3 is 19.6 Å². The van der Waals surface area contributed by atoms with E-state index >= 15 is 0 Å². The highest BCUT2D eigenvalue weighted by molar-refractivity contribution is 6.14. The Morgan fingerprint density at radius 1 is 0.407 bits per heavy atom. The van der Waals surface area contributed by atoms with Gasteiger partial charge in [-0.1, -0.05) is 183 Å². The van der Waals surface area contributed by atoms with Crippen molar-refractivity contribution in [1.82, 2.24) is 4.90 Å². The molecule has 0 saturated carbocycles. The van der Waals surface area contributed by atoms with Gasteiger partial charge in [0.2, 0.25) is 5.96 Å². The van der Waals surface area contributed by atoms with Crippen LogP contribution in [-0.2, 0) is 0 Å². The number of rotatable bonds is 1. The molecule has 0 bridgehead atoms. The Hall–Kier alpha value is -6.14. The first-order valence-corrected chi connectivity index (χ1v) is 21.4. The zero-order valence-corrected chi connectivity index (χ0v) is 37.9. The Labute approximate surface area is 355 Å². The summed E-state index contributed by atoms with van der Waals surface area (Å²) in [6.07, 6.45) is 0. The fourth-order valence-corrected chi connectivity index (χ4v) is 7.37. The number of para-hydroxylation sites is 1. The third-order valence-electron chi connectivity index (χ3n) is 10.0. The van der Waals surface area contributed by atoms with E-state index in [-0.39, 0.29) is 12.1 Å². The molecule has 6 nitrogen and oxygen atoms in total. The zero-order chi connectivity index (χ0) is 43.6. The predicted octanol–water partition coefficient (Wildman–Crippen LogP) is 15.0. The number of guanidine groups is 2. The third kappa shape index (κ3) is 10.3. The predicted molar refractivity (Wildman–Crippen MR) is 263 cm³/mol. The lowest BCUT2D eigenvalue weighted by molar-refractivity contribution is 0.585. The summed E-state index contributed by atoms with van der Waals surface area (Å²) in [5.74, 6) is 1.03. The first kappa shape index (κ1) is 47.2. The van der Waals surface area contributed by atoms with Gasteiger partial charge in [-0.2, -0.15) is 0 Å². The Kier molecular flexibility index (Phi) is 18.7. The van der Waals surface area contributed by atoms with Gasteiger partial charge in [-0.25, -0.2) is 0 Å². The van der Waals surface area contributed by atoms with Crippen molar-refractivity contribution >= 4 is 61.3 Å². The Balaban J connectivity index is 0.000000229. The molecule has 310 valence electrons. The van der Waals surface area contributed by atoms with E-state index in [1.54, 1.807) is 0 Å². The molecule has 2 atom stereocenters. The number of anilines is 3. The molecule has 2 aliphatic rings. The Morgan fingerprint density at radius 3 is 1.10 bits per heavy atom. The number of hydrogen-bond acceptors (Lipinski definition) is 2.